The van der Waals surface area contributed by atoms with Crippen LogP contribution in [0.2, 0.25) is 0 Å². The molecule has 5 nitrogen and oxygen atoms in total. The molecule has 5 heteroatoms. The third-order valence-electron chi connectivity index (χ3n) is 6.58. The Morgan fingerprint density at radius 3 is 2.24 bits per heavy atom. The molecule has 0 aromatic heterocycles. The van der Waals surface area contributed by atoms with Crippen molar-refractivity contribution in [3.05, 3.63) is 23.8 Å². The molecule has 0 radical (unpaired) electrons. The summed E-state index contributed by atoms with van der Waals surface area (Å²) in [5.74, 6) is 1.55. The van der Waals surface area contributed by atoms with E-state index in [1.54, 1.807) is 21.3 Å². The van der Waals surface area contributed by atoms with E-state index in [9.17, 15) is 10.2 Å². The van der Waals surface area contributed by atoms with E-state index in [1.807, 2.05) is 6.08 Å². The van der Waals surface area contributed by atoms with Crippen LogP contribution in [0.4, 0.5) is 0 Å². The first-order valence-corrected chi connectivity index (χ1v) is 11.0. The molecule has 2 N–H and O–H groups in total. The van der Waals surface area contributed by atoms with Crippen LogP contribution in [0.15, 0.2) is 23.8 Å². The van der Waals surface area contributed by atoms with Gasteiger partial charge >= 0.3 is 0 Å². The van der Waals surface area contributed by atoms with Crippen molar-refractivity contribution in [2.45, 2.75) is 77.8 Å². The van der Waals surface area contributed by atoms with Crippen molar-refractivity contribution in [3.63, 3.8) is 0 Å². The molecular formula is C24H44O5. The van der Waals surface area contributed by atoms with E-state index < -0.39 is 0 Å². The zero-order valence-corrected chi connectivity index (χ0v) is 19.5. The third kappa shape index (κ3) is 8.50. The van der Waals surface area contributed by atoms with E-state index in [0.717, 1.165) is 19.3 Å². The van der Waals surface area contributed by atoms with Crippen molar-refractivity contribution >= 4 is 0 Å². The van der Waals surface area contributed by atoms with Gasteiger partial charge in [-0.05, 0) is 43.9 Å². The summed E-state index contributed by atoms with van der Waals surface area (Å²) in [5, 5.41) is 20.0. The first-order valence-electron chi connectivity index (χ1n) is 11.0. The lowest BCUT2D eigenvalue weighted by molar-refractivity contribution is -0.00396. The first-order chi connectivity index (χ1) is 13.8. The molecule has 0 spiro atoms. The van der Waals surface area contributed by atoms with E-state index in [0.29, 0.717) is 24.2 Å². The van der Waals surface area contributed by atoms with Gasteiger partial charge in [0.05, 0.1) is 31.0 Å². The van der Waals surface area contributed by atoms with Crippen LogP contribution in [0.1, 0.15) is 53.4 Å². The molecule has 0 bridgehead atoms. The molecule has 0 heterocycles. The molecular weight excluding hydrogens is 368 g/mol. The lowest BCUT2D eigenvalue weighted by Gasteiger charge is -2.23. The van der Waals surface area contributed by atoms with Gasteiger partial charge < -0.3 is 24.4 Å². The maximum Gasteiger partial charge on any atom is 0.0826 e. The van der Waals surface area contributed by atoms with E-state index in [-0.39, 0.29) is 36.9 Å². The quantitative estimate of drug-likeness (QED) is 0.398. The SMILES string of the molecule is CCC(OC)C(C)C1CC1C(O)C(C)/C=C/C=C(\C)CC(CC(CO)OC)OC. The number of allylic oxidation sites excluding steroid dienone is 2. The average molecular weight is 413 g/mol. The molecule has 1 saturated carbocycles. The zero-order chi connectivity index (χ0) is 22.0. The van der Waals surface area contributed by atoms with Crippen LogP contribution in [0.5, 0.6) is 0 Å². The van der Waals surface area contributed by atoms with Crippen molar-refractivity contribution in [1.82, 2.24) is 0 Å². The van der Waals surface area contributed by atoms with Crippen LogP contribution >= 0.6 is 0 Å². The highest BCUT2D eigenvalue weighted by Gasteiger charge is 2.48. The molecule has 1 aliphatic carbocycles. The summed E-state index contributed by atoms with van der Waals surface area (Å²) < 4.78 is 16.3. The fourth-order valence-corrected chi connectivity index (χ4v) is 4.39. The molecule has 0 aliphatic heterocycles. The summed E-state index contributed by atoms with van der Waals surface area (Å²) in [6.07, 6.45) is 9.57. The third-order valence-corrected chi connectivity index (χ3v) is 6.58. The molecule has 0 amide bonds. The normalized spacial score (nSPS) is 26.2. The summed E-state index contributed by atoms with van der Waals surface area (Å²) in [4.78, 5) is 0. The van der Waals surface area contributed by atoms with Gasteiger partial charge in [-0.3, -0.25) is 0 Å². The Morgan fingerprint density at radius 1 is 1.07 bits per heavy atom. The summed E-state index contributed by atoms with van der Waals surface area (Å²) >= 11 is 0. The molecule has 0 saturated heterocycles. The fourth-order valence-electron chi connectivity index (χ4n) is 4.39. The maximum atomic E-state index is 10.7. The number of rotatable bonds is 15. The molecule has 170 valence electrons. The monoisotopic (exact) mass is 412 g/mol. The lowest BCUT2D eigenvalue weighted by Crippen LogP contribution is -2.25. The largest absolute Gasteiger partial charge is 0.394 e. The minimum atomic E-state index is -0.305. The highest BCUT2D eigenvalue weighted by atomic mass is 16.5. The molecule has 1 aliphatic rings. The predicted molar refractivity (Wildman–Crippen MR) is 118 cm³/mol. The van der Waals surface area contributed by atoms with Gasteiger partial charge in [0.15, 0.2) is 0 Å². The topological polar surface area (TPSA) is 68.2 Å². The van der Waals surface area contributed by atoms with E-state index in [2.05, 4.69) is 39.8 Å². The van der Waals surface area contributed by atoms with Crippen molar-refractivity contribution in [2.75, 3.05) is 27.9 Å². The van der Waals surface area contributed by atoms with Gasteiger partial charge in [-0.2, -0.15) is 0 Å². The average Bonchev–Trinajstić information content (AvgIpc) is 3.51. The van der Waals surface area contributed by atoms with E-state index in [1.165, 1.54) is 5.57 Å². The second kappa shape index (κ2) is 13.6. The van der Waals surface area contributed by atoms with Gasteiger partial charge in [0.25, 0.3) is 0 Å². The van der Waals surface area contributed by atoms with Crippen molar-refractivity contribution in [2.24, 2.45) is 23.7 Å². The Bertz CT molecular complexity index is 495. The summed E-state index contributed by atoms with van der Waals surface area (Å²) in [6.45, 7) is 8.57. The highest BCUT2D eigenvalue weighted by molar-refractivity contribution is 5.13. The van der Waals surface area contributed by atoms with Crippen molar-refractivity contribution < 1.29 is 24.4 Å². The van der Waals surface area contributed by atoms with Gasteiger partial charge in [0.2, 0.25) is 0 Å². The Hall–Kier alpha value is -0.720. The number of aliphatic hydroxyl groups excluding tert-OH is 2. The van der Waals surface area contributed by atoms with E-state index in [4.69, 9.17) is 14.2 Å². The molecule has 0 aromatic rings. The number of hydrogen-bond donors (Lipinski definition) is 2. The zero-order valence-electron chi connectivity index (χ0n) is 19.5. The molecule has 8 atom stereocenters. The minimum absolute atomic E-state index is 0.00140. The van der Waals surface area contributed by atoms with Gasteiger partial charge in [-0.15, -0.1) is 0 Å². The predicted octanol–water partition coefficient (Wildman–Crippen LogP) is 3.99. The fraction of sp³-hybridized carbons (Fsp3) is 0.833. The first kappa shape index (κ1) is 26.3. The van der Waals surface area contributed by atoms with Gasteiger partial charge in [0, 0.05) is 33.7 Å². The minimum Gasteiger partial charge on any atom is -0.394 e. The van der Waals surface area contributed by atoms with Crippen LogP contribution in [-0.4, -0.2) is 62.6 Å². The van der Waals surface area contributed by atoms with Crippen LogP contribution in [0.25, 0.3) is 0 Å². The van der Waals surface area contributed by atoms with Gasteiger partial charge in [-0.25, -0.2) is 0 Å². The molecule has 1 rings (SSSR count). The maximum absolute atomic E-state index is 10.7. The second-order valence-electron chi connectivity index (χ2n) is 8.69. The molecule has 0 aromatic carbocycles. The van der Waals surface area contributed by atoms with Crippen molar-refractivity contribution in [3.8, 4) is 0 Å². The number of aliphatic hydroxyl groups is 2. The standard InChI is InChI=1S/C24H44O5/c1-8-23(29-7)18(4)21-14-22(21)24(26)17(3)11-9-10-16(2)12-19(27-5)13-20(15-25)28-6/h9-11,17-26H,8,12-15H2,1-7H3/b11-9+,16-10+. The van der Waals surface area contributed by atoms with Gasteiger partial charge in [0.1, 0.15) is 0 Å². The van der Waals surface area contributed by atoms with Gasteiger partial charge in [-0.1, -0.05) is 44.6 Å². The Balaban J connectivity index is 2.51. The van der Waals surface area contributed by atoms with Crippen LogP contribution in [0, 0.1) is 23.7 Å². The Kier molecular flexibility index (Phi) is 12.3. The lowest BCUT2D eigenvalue weighted by atomic mass is 9.91. The van der Waals surface area contributed by atoms with Crippen molar-refractivity contribution in [1.29, 1.82) is 0 Å². The smallest absolute Gasteiger partial charge is 0.0826 e. The van der Waals surface area contributed by atoms with Crippen LogP contribution in [0.3, 0.4) is 0 Å². The van der Waals surface area contributed by atoms with Crippen LogP contribution in [-0.2, 0) is 14.2 Å². The molecule has 29 heavy (non-hydrogen) atoms. The van der Waals surface area contributed by atoms with Crippen LogP contribution < -0.4 is 0 Å². The highest BCUT2D eigenvalue weighted by Crippen LogP contribution is 2.49. The summed E-state index contributed by atoms with van der Waals surface area (Å²) in [6, 6.07) is 0. The Morgan fingerprint density at radius 2 is 1.72 bits per heavy atom. The molecule has 1 fully saturated rings. The molecule has 8 unspecified atom stereocenters. The summed E-state index contributed by atoms with van der Waals surface area (Å²) in [7, 11) is 5.08. The number of methoxy groups -OCH3 is 3. The Labute approximate surface area is 178 Å². The number of ether oxygens (including phenoxy) is 3. The van der Waals surface area contributed by atoms with E-state index >= 15 is 0 Å². The second-order valence-corrected chi connectivity index (χ2v) is 8.69. The number of hydrogen-bond acceptors (Lipinski definition) is 5. The summed E-state index contributed by atoms with van der Waals surface area (Å²) in [5.41, 5.74) is 1.20.